The molecule has 0 aliphatic heterocycles. The Morgan fingerprint density at radius 3 is 2.50 bits per heavy atom. The van der Waals surface area contributed by atoms with Gasteiger partial charge in [0.15, 0.2) is 5.78 Å². The second-order valence-corrected chi connectivity index (χ2v) is 5.15. The molecule has 2 rings (SSSR count). The van der Waals surface area contributed by atoms with Gasteiger partial charge in [-0.2, -0.15) is 13.2 Å². The van der Waals surface area contributed by atoms with Crippen molar-refractivity contribution in [3.8, 4) is 0 Å². The number of nitro groups is 1. The Morgan fingerprint density at radius 2 is 1.88 bits per heavy atom. The molecule has 8 heteroatoms. The fraction of sp³-hybridized carbons (Fsp3) is 0.0625. The molecule has 0 aliphatic rings. The van der Waals surface area contributed by atoms with Gasteiger partial charge in [0.2, 0.25) is 0 Å². The van der Waals surface area contributed by atoms with Crippen LogP contribution in [0.25, 0.3) is 6.08 Å². The number of hydrogen-bond donors (Lipinski definition) is 0. The predicted molar refractivity (Wildman–Crippen MR) is 82.9 cm³/mol. The maximum atomic E-state index is 12.6. The van der Waals surface area contributed by atoms with Crippen LogP contribution in [0, 0.1) is 10.1 Å². The Labute approximate surface area is 139 Å². The van der Waals surface area contributed by atoms with E-state index in [0.717, 1.165) is 30.3 Å². The number of rotatable bonds is 4. The number of benzene rings is 2. The van der Waals surface area contributed by atoms with Crippen LogP contribution in [0.2, 0.25) is 5.02 Å². The number of halogens is 4. The zero-order valence-electron chi connectivity index (χ0n) is 11.9. The molecule has 0 N–H and O–H groups in total. The van der Waals surface area contributed by atoms with Crippen molar-refractivity contribution in [2.45, 2.75) is 6.18 Å². The van der Waals surface area contributed by atoms with E-state index in [1.165, 1.54) is 24.3 Å². The van der Waals surface area contributed by atoms with Crippen LogP contribution in [-0.4, -0.2) is 10.7 Å². The molecule has 2 aromatic carbocycles. The first-order chi connectivity index (χ1) is 11.2. The van der Waals surface area contributed by atoms with E-state index in [9.17, 15) is 28.1 Å². The molecule has 4 nitrogen and oxygen atoms in total. The van der Waals surface area contributed by atoms with E-state index < -0.39 is 22.4 Å². The molecule has 0 saturated heterocycles. The third-order valence-electron chi connectivity index (χ3n) is 3.07. The first kappa shape index (κ1) is 17.7. The number of carbonyl (C=O) groups is 1. The van der Waals surface area contributed by atoms with Crippen LogP contribution in [0.15, 0.2) is 48.5 Å². The fourth-order valence-corrected chi connectivity index (χ4v) is 2.08. The molecule has 0 fully saturated rings. The van der Waals surface area contributed by atoms with Gasteiger partial charge in [0.1, 0.15) is 5.02 Å². The highest BCUT2D eigenvalue weighted by Crippen LogP contribution is 2.30. The lowest BCUT2D eigenvalue weighted by atomic mass is 10.1. The fourth-order valence-electron chi connectivity index (χ4n) is 1.89. The summed E-state index contributed by atoms with van der Waals surface area (Å²) in [6.07, 6.45) is -2.23. The highest BCUT2D eigenvalue weighted by molar-refractivity contribution is 6.32. The Bertz CT molecular complexity index is 832. The van der Waals surface area contributed by atoms with Gasteiger partial charge in [0.25, 0.3) is 5.69 Å². The van der Waals surface area contributed by atoms with E-state index in [1.807, 2.05) is 0 Å². The summed E-state index contributed by atoms with van der Waals surface area (Å²) >= 11 is 5.67. The largest absolute Gasteiger partial charge is 0.416 e. The molecule has 0 radical (unpaired) electrons. The molecule has 0 spiro atoms. The molecule has 0 aliphatic carbocycles. The van der Waals surface area contributed by atoms with Crippen molar-refractivity contribution >= 4 is 29.1 Å². The lowest BCUT2D eigenvalue weighted by molar-refractivity contribution is -0.384. The van der Waals surface area contributed by atoms with Crippen LogP contribution in [0.5, 0.6) is 0 Å². The van der Waals surface area contributed by atoms with Crippen LogP contribution in [-0.2, 0) is 6.18 Å². The van der Waals surface area contributed by atoms with Crippen molar-refractivity contribution in [2.75, 3.05) is 0 Å². The summed E-state index contributed by atoms with van der Waals surface area (Å²) in [4.78, 5) is 22.1. The monoisotopic (exact) mass is 355 g/mol. The van der Waals surface area contributed by atoms with Gasteiger partial charge in [-0.3, -0.25) is 14.9 Å². The van der Waals surface area contributed by atoms with E-state index in [2.05, 4.69) is 0 Å². The second-order valence-electron chi connectivity index (χ2n) is 4.74. The molecular formula is C16H9ClF3NO3. The van der Waals surface area contributed by atoms with Gasteiger partial charge in [-0.05, 0) is 29.8 Å². The molecule has 2 aromatic rings. The first-order valence-electron chi connectivity index (χ1n) is 6.52. The van der Waals surface area contributed by atoms with Gasteiger partial charge in [0.05, 0.1) is 10.5 Å². The van der Waals surface area contributed by atoms with E-state index in [-0.39, 0.29) is 16.3 Å². The standard InChI is InChI=1S/C16H9ClF3NO3/c17-13-6-4-10(8-14(13)21(23)24)5-7-15(22)11-2-1-3-12(9-11)16(18,19)20/h1-9H. The quantitative estimate of drug-likeness (QED) is 0.329. The summed E-state index contributed by atoms with van der Waals surface area (Å²) in [5.74, 6) is -0.654. The summed E-state index contributed by atoms with van der Waals surface area (Å²) in [5.41, 5.74) is -1.06. The molecule has 124 valence electrons. The van der Waals surface area contributed by atoms with Crippen LogP contribution >= 0.6 is 11.6 Å². The second kappa shape index (κ2) is 6.84. The highest BCUT2D eigenvalue weighted by Gasteiger charge is 2.30. The van der Waals surface area contributed by atoms with E-state index in [4.69, 9.17) is 11.6 Å². The van der Waals surface area contributed by atoms with Gasteiger partial charge < -0.3 is 0 Å². The van der Waals surface area contributed by atoms with Crippen molar-refractivity contribution in [1.82, 2.24) is 0 Å². The van der Waals surface area contributed by atoms with Gasteiger partial charge in [-0.15, -0.1) is 0 Å². The Morgan fingerprint density at radius 1 is 1.17 bits per heavy atom. The number of hydrogen-bond acceptors (Lipinski definition) is 3. The SMILES string of the molecule is O=C(C=Cc1ccc(Cl)c([N+](=O)[O-])c1)c1cccc(C(F)(F)F)c1. The summed E-state index contributed by atoms with van der Waals surface area (Å²) in [6, 6.07) is 7.92. The number of nitrogens with zero attached hydrogens (tertiary/aromatic N) is 1. The van der Waals surface area contributed by atoms with Crippen molar-refractivity contribution in [3.63, 3.8) is 0 Å². The normalized spacial score (nSPS) is 11.7. The predicted octanol–water partition coefficient (Wildman–Crippen LogP) is 5.16. The van der Waals surface area contributed by atoms with Gasteiger partial charge in [-0.25, -0.2) is 0 Å². The number of alkyl halides is 3. The smallest absolute Gasteiger partial charge is 0.289 e. The molecule has 0 atom stereocenters. The molecule has 0 amide bonds. The van der Waals surface area contributed by atoms with Crippen LogP contribution in [0.3, 0.4) is 0 Å². The molecule has 0 saturated carbocycles. The number of allylic oxidation sites excluding steroid dienone is 1. The Kier molecular flexibility index (Phi) is 5.04. The van der Waals surface area contributed by atoms with Crippen LogP contribution in [0.4, 0.5) is 18.9 Å². The number of ketones is 1. The van der Waals surface area contributed by atoms with Gasteiger partial charge in [-0.1, -0.05) is 35.9 Å². The van der Waals surface area contributed by atoms with Crippen molar-refractivity contribution in [3.05, 3.63) is 80.4 Å². The minimum absolute atomic E-state index is 0.0543. The Hall–Kier alpha value is -2.67. The van der Waals surface area contributed by atoms with Crippen molar-refractivity contribution in [1.29, 1.82) is 0 Å². The molecule has 0 aromatic heterocycles. The average molecular weight is 356 g/mol. The zero-order valence-corrected chi connectivity index (χ0v) is 12.6. The maximum absolute atomic E-state index is 12.6. The first-order valence-corrected chi connectivity index (χ1v) is 6.90. The van der Waals surface area contributed by atoms with Crippen molar-refractivity contribution < 1.29 is 22.9 Å². The van der Waals surface area contributed by atoms with Crippen LogP contribution < -0.4 is 0 Å². The molecule has 0 bridgehead atoms. The molecule has 0 heterocycles. The van der Waals surface area contributed by atoms with E-state index in [0.29, 0.717) is 5.56 Å². The maximum Gasteiger partial charge on any atom is 0.416 e. The average Bonchev–Trinajstić information content (AvgIpc) is 2.52. The number of carbonyl (C=O) groups excluding carboxylic acids is 1. The lowest BCUT2D eigenvalue weighted by Crippen LogP contribution is -2.06. The summed E-state index contributed by atoms with van der Waals surface area (Å²) in [5, 5.41) is 10.7. The molecule has 0 unspecified atom stereocenters. The summed E-state index contributed by atoms with van der Waals surface area (Å²) in [6.45, 7) is 0. The van der Waals surface area contributed by atoms with E-state index >= 15 is 0 Å². The third kappa shape index (κ3) is 4.20. The van der Waals surface area contributed by atoms with E-state index in [1.54, 1.807) is 0 Å². The van der Waals surface area contributed by atoms with Gasteiger partial charge >= 0.3 is 6.18 Å². The Balaban J connectivity index is 2.25. The molecular weight excluding hydrogens is 347 g/mol. The molecule has 24 heavy (non-hydrogen) atoms. The summed E-state index contributed by atoms with van der Waals surface area (Å²) in [7, 11) is 0. The van der Waals surface area contributed by atoms with Crippen molar-refractivity contribution in [2.24, 2.45) is 0 Å². The topological polar surface area (TPSA) is 60.2 Å². The lowest BCUT2D eigenvalue weighted by Gasteiger charge is -2.07. The third-order valence-corrected chi connectivity index (χ3v) is 3.39. The van der Waals surface area contributed by atoms with Gasteiger partial charge in [0, 0.05) is 11.6 Å². The highest BCUT2D eigenvalue weighted by atomic mass is 35.5. The minimum Gasteiger partial charge on any atom is -0.289 e. The zero-order chi connectivity index (χ0) is 17.9. The minimum atomic E-state index is -4.54. The summed E-state index contributed by atoms with van der Waals surface area (Å²) < 4.78 is 37.9. The van der Waals surface area contributed by atoms with Crippen LogP contribution in [0.1, 0.15) is 21.5 Å². The number of nitro benzene ring substituents is 1.